The van der Waals surface area contributed by atoms with E-state index in [-0.39, 0.29) is 12.4 Å². The number of ether oxygens (including phenoxy) is 1. The molecule has 1 heterocycles. The number of hydrogen-bond acceptors (Lipinski definition) is 4. The van der Waals surface area contributed by atoms with Crippen LogP contribution in [0.2, 0.25) is 0 Å². The van der Waals surface area contributed by atoms with Gasteiger partial charge in [0.2, 0.25) is 0 Å². The number of nitrogens with zero attached hydrogens (tertiary/aromatic N) is 1. The lowest BCUT2D eigenvalue weighted by molar-refractivity contribution is 0.0921. The molecule has 0 radical (unpaired) electrons. The normalized spacial score (nSPS) is 10.4. The summed E-state index contributed by atoms with van der Waals surface area (Å²) in [6, 6.07) is 0.775. The van der Waals surface area contributed by atoms with Gasteiger partial charge in [-0.05, 0) is 6.42 Å². The van der Waals surface area contributed by atoms with Crippen molar-refractivity contribution in [2.24, 2.45) is 0 Å². The second kappa shape index (κ2) is 7.08. The summed E-state index contributed by atoms with van der Waals surface area (Å²) in [5, 5.41) is 11.1. The molecular formula is C10H14F2N2O2. The van der Waals surface area contributed by atoms with Gasteiger partial charge in [0.25, 0.3) is 0 Å². The minimum Gasteiger partial charge on any atom is -0.394 e. The molecule has 0 atom stereocenters. The van der Waals surface area contributed by atoms with Gasteiger partial charge in [-0.2, -0.15) is 0 Å². The fraction of sp³-hybridized carbons (Fsp3) is 0.500. The van der Waals surface area contributed by atoms with Crippen LogP contribution in [0.25, 0.3) is 0 Å². The standard InChI is InChI=1S/C10H14F2N2O2/c11-8-6-9(12)10(14-7-8)13-2-1-4-16-5-3-15/h6-7,15H,1-5H2,(H,13,14). The van der Waals surface area contributed by atoms with Crippen LogP contribution in [-0.4, -0.2) is 36.5 Å². The van der Waals surface area contributed by atoms with Crippen LogP contribution in [0.3, 0.4) is 0 Å². The molecule has 1 aromatic heterocycles. The first kappa shape index (κ1) is 12.8. The quantitative estimate of drug-likeness (QED) is 0.693. The molecule has 0 saturated carbocycles. The van der Waals surface area contributed by atoms with Gasteiger partial charge in [0.15, 0.2) is 11.6 Å². The number of aliphatic hydroxyl groups excluding tert-OH is 1. The Balaban J connectivity index is 2.21. The zero-order valence-electron chi connectivity index (χ0n) is 8.75. The minimum absolute atomic E-state index is 0.0123. The molecule has 0 aliphatic carbocycles. The molecule has 16 heavy (non-hydrogen) atoms. The van der Waals surface area contributed by atoms with Crippen molar-refractivity contribution in [1.29, 1.82) is 0 Å². The molecule has 0 saturated heterocycles. The Hall–Kier alpha value is -1.27. The van der Waals surface area contributed by atoms with Crippen LogP contribution in [0.1, 0.15) is 6.42 Å². The van der Waals surface area contributed by atoms with E-state index in [2.05, 4.69) is 10.3 Å². The van der Waals surface area contributed by atoms with Gasteiger partial charge in [-0.3, -0.25) is 0 Å². The highest BCUT2D eigenvalue weighted by Gasteiger charge is 2.03. The van der Waals surface area contributed by atoms with Crippen LogP contribution in [0, 0.1) is 11.6 Å². The first-order valence-corrected chi connectivity index (χ1v) is 4.97. The molecule has 0 spiro atoms. The van der Waals surface area contributed by atoms with Crippen LogP contribution < -0.4 is 5.32 Å². The number of anilines is 1. The maximum absolute atomic E-state index is 13.1. The highest BCUT2D eigenvalue weighted by molar-refractivity contribution is 5.35. The number of halogens is 2. The lowest BCUT2D eigenvalue weighted by Gasteiger charge is -2.06. The predicted molar refractivity (Wildman–Crippen MR) is 55.2 cm³/mol. The molecule has 0 unspecified atom stereocenters. The number of hydrogen-bond donors (Lipinski definition) is 2. The van der Waals surface area contributed by atoms with E-state index < -0.39 is 11.6 Å². The fourth-order valence-corrected chi connectivity index (χ4v) is 1.09. The van der Waals surface area contributed by atoms with Crippen LogP contribution in [0.4, 0.5) is 14.6 Å². The van der Waals surface area contributed by atoms with E-state index in [0.29, 0.717) is 26.2 Å². The first-order valence-electron chi connectivity index (χ1n) is 4.97. The summed E-state index contributed by atoms with van der Waals surface area (Å²) in [6.45, 7) is 1.22. The molecule has 2 N–H and O–H groups in total. The van der Waals surface area contributed by atoms with Gasteiger partial charge in [-0.25, -0.2) is 13.8 Å². The summed E-state index contributed by atoms with van der Waals surface area (Å²) >= 11 is 0. The molecule has 1 rings (SSSR count). The van der Waals surface area contributed by atoms with Gasteiger partial charge in [0, 0.05) is 19.2 Å². The van der Waals surface area contributed by atoms with Crippen molar-refractivity contribution in [3.8, 4) is 0 Å². The van der Waals surface area contributed by atoms with E-state index in [4.69, 9.17) is 9.84 Å². The van der Waals surface area contributed by atoms with Crippen molar-refractivity contribution < 1.29 is 18.6 Å². The predicted octanol–water partition coefficient (Wildman–Crippen LogP) is 1.17. The summed E-state index contributed by atoms with van der Waals surface area (Å²) in [6.07, 6.45) is 1.60. The lowest BCUT2D eigenvalue weighted by Crippen LogP contribution is -2.09. The number of pyridine rings is 1. The van der Waals surface area contributed by atoms with Crippen molar-refractivity contribution in [2.75, 3.05) is 31.7 Å². The molecule has 0 aromatic carbocycles. The van der Waals surface area contributed by atoms with E-state index in [9.17, 15) is 8.78 Å². The van der Waals surface area contributed by atoms with Gasteiger partial charge in [0.1, 0.15) is 5.82 Å². The third-order valence-electron chi connectivity index (χ3n) is 1.80. The van der Waals surface area contributed by atoms with Gasteiger partial charge in [0.05, 0.1) is 19.4 Å². The molecule has 0 aliphatic heterocycles. The zero-order valence-corrected chi connectivity index (χ0v) is 8.75. The summed E-state index contributed by atoms with van der Waals surface area (Å²) in [7, 11) is 0. The Labute approximate surface area is 92.3 Å². The van der Waals surface area contributed by atoms with Crippen molar-refractivity contribution in [2.45, 2.75) is 6.42 Å². The monoisotopic (exact) mass is 232 g/mol. The number of aromatic nitrogens is 1. The summed E-state index contributed by atoms with van der Waals surface area (Å²) in [5.74, 6) is -1.38. The van der Waals surface area contributed by atoms with Crippen LogP contribution in [-0.2, 0) is 4.74 Å². The number of nitrogens with one attached hydrogen (secondary N) is 1. The van der Waals surface area contributed by atoms with Gasteiger partial charge in [-0.1, -0.05) is 0 Å². The topological polar surface area (TPSA) is 54.4 Å². The molecule has 1 aromatic rings. The Morgan fingerprint density at radius 3 is 2.88 bits per heavy atom. The highest BCUT2D eigenvalue weighted by atomic mass is 19.1. The summed E-state index contributed by atoms with van der Waals surface area (Å²) in [4.78, 5) is 3.57. The van der Waals surface area contributed by atoms with Crippen LogP contribution in [0.5, 0.6) is 0 Å². The SMILES string of the molecule is OCCOCCCNc1ncc(F)cc1F. The van der Waals surface area contributed by atoms with E-state index in [0.717, 1.165) is 12.3 Å². The molecular weight excluding hydrogens is 218 g/mol. The third-order valence-corrected chi connectivity index (χ3v) is 1.80. The lowest BCUT2D eigenvalue weighted by atomic mass is 10.4. The molecule has 4 nitrogen and oxygen atoms in total. The van der Waals surface area contributed by atoms with Crippen molar-refractivity contribution in [1.82, 2.24) is 4.98 Å². The van der Waals surface area contributed by atoms with Crippen molar-refractivity contribution in [3.05, 3.63) is 23.9 Å². The van der Waals surface area contributed by atoms with Gasteiger partial charge >= 0.3 is 0 Å². The zero-order chi connectivity index (χ0) is 11.8. The number of rotatable bonds is 7. The fourth-order valence-electron chi connectivity index (χ4n) is 1.09. The Morgan fingerprint density at radius 1 is 1.38 bits per heavy atom. The highest BCUT2D eigenvalue weighted by Crippen LogP contribution is 2.10. The maximum atomic E-state index is 13.1. The van der Waals surface area contributed by atoms with Crippen molar-refractivity contribution in [3.63, 3.8) is 0 Å². The van der Waals surface area contributed by atoms with E-state index in [1.54, 1.807) is 0 Å². The largest absolute Gasteiger partial charge is 0.394 e. The molecule has 0 amide bonds. The smallest absolute Gasteiger partial charge is 0.168 e. The Morgan fingerprint density at radius 2 is 2.19 bits per heavy atom. The molecule has 0 aliphatic rings. The average Bonchev–Trinajstić information content (AvgIpc) is 2.26. The Kier molecular flexibility index (Phi) is 5.66. The van der Waals surface area contributed by atoms with Crippen LogP contribution in [0.15, 0.2) is 12.3 Å². The van der Waals surface area contributed by atoms with E-state index >= 15 is 0 Å². The minimum atomic E-state index is -0.712. The first-order chi connectivity index (χ1) is 7.74. The van der Waals surface area contributed by atoms with E-state index in [1.165, 1.54) is 0 Å². The van der Waals surface area contributed by atoms with E-state index in [1.807, 2.05) is 0 Å². The third kappa shape index (κ3) is 4.50. The summed E-state index contributed by atoms with van der Waals surface area (Å²) < 4.78 is 30.6. The molecule has 6 heteroatoms. The summed E-state index contributed by atoms with van der Waals surface area (Å²) in [5.41, 5.74) is 0. The Bertz CT molecular complexity index is 324. The average molecular weight is 232 g/mol. The molecule has 0 fully saturated rings. The molecule has 0 bridgehead atoms. The van der Waals surface area contributed by atoms with Gasteiger partial charge < -0.3 is 15.2 Å². The van der Waals surface area contributed by atoms with Gasteiger partial charge in [-0.15, -0.1) is 0 Å². The molecule has 90 valence electrons. The van der Waals surface area contributed by atoms with Crippen LogP contribution >= 0.6 is 0 Å². The number of aliphatic hydroxyl groups is 1. The second-order valence-electron chi connectivity index (χ2n) is 3.10. The maximum Gasteiger partial charge on any atom is 0.168 e. The second-order valence-corrected chi connectivity index (χ2v) is 3.10. The van der Waals surface area contributed by atoms with Crippen molar-refractivity contribution >= 4 is 5.82 Å².